The van der Waals surface area contributed by atoms with Gasteiger partial charge < -0.3 is 14.4 Å². The van der Waals surface area contributed by atoms with Gasteiger partial charge in [0.15, 0.2) is 11.5 Å². The number of hydrogen-bond donors (Lipinski definition) is 1. The first kappa shape index (κ1) is 23.0. The van der Waals surface area contributed by atoms with Crippen molar-refractivity contribution >= 4 is 15.9 Å². The molecule has 1 N–H and O–H groups in total. The first-order valence-electron chi connectivity index (χ1n) is 10.6. The third-order valence-electron chi connectivity index (χ3n) is 5.99. The average molecular weight is 471 g/mol. The summed E-state index contributed by atoms with van der Waals surface area (Å²) in [5.74, 6) is 1.29. The van der Waals surface area contributed by atoms with Crippen LogP contribution in [-0.2, 0) is 20.4 Å². The first-order chi connectivity index (χ1) is 15.7. The summed E-state index contributed by atoms with van der Waals surface area (Å²) in [5.41, 5.74) is 0.598. The van der Waals surface area contributed by atoms with Crippen molar-refractivity contribution in [3.05, 3.63) is 53.6 Å². The van der Waals surface area contributed by atoms with Crippen LogP contribution in [-0.4, -0.2) is 63.0 Å². The van der Waals surface area contributed by atoms with E-state index in [-0.39, 0.29) is 42.8 Å². The Hall–Kier alpha value is -3.13. The number of fused-ring (bicyclic) bond motifs is 1. The van der Waals surface area contributed by atoms with E-state index in [9.17, 15) is 18.5 Å². The van der Waals surface area contributed by atoms with Crippen molar-refractivity contribution < 1.29 is 22.7 Å². The molecular formula is C23H26N4O5S. The number of piperazine rings is 1. The van der Waals surface area contributed by atoms with Crippen molar-refractivity contribution in [3.8, 4) is 17.6 Å². The number of nitrogens with one attached hydrogen (secondary N) is 1. The average Bonchev–Trinajstić information content (AvgIpc) is 3.30. The monoisotopic (exact) mass is 470 g/mol. The number of amides is 1. The number of benzene rings is 2. The van der Waals surface area contributed by atoms with Gasteiger partial charge in [0.2, 0.25) is 22.7 Å². The number of nitrogens with zero attached hydrogens (tertiary/aromatic N) is 3. The summed E-state index contributed by atoms with van der Waals surface area (Å²) in [6.45, 7) is 5.22. The Morgan fingerprint density at radius 1 is 1.09 bits per heavy atom. The van der Waals surface area contributed by atoms with Crippen LogP contribution in [0.2, 0.25) is 0 Å². The van der Waals surface area contributed by atoms with Crippen LogP contribution in [0.25, 0.3) is 0 Å². The van der Waals surface area contributed by atoms with Gasteiger partial charge in [-0.3, -0.25) is 10.1 Å². The first-order valence-corrected chi connectivity index (χ1v) is 12.1. The molecule has 2 aliphatic heterocycles. The van der Waals surface area contributed by atoms with E-state index in [1.54, 1.807) is 17.0 Å². The van der Waals surface area contributed by atoms with E-state index in [2.05, 4.69) is 5.32 Å². The van der Waals surface area contributed by atoms with Crippen molar-refractivity contribution in [1.29, 1.82) is 5.26 Å². The lowest BCUT2D eigenvalue weighted by molar-refractivity contribution is -0.131. The van der Waals surface area contributed by atoms with E-state index < -0.39 is 15.6 Å². The van der Waals surface area contributed by atoms with E-state index in [0.29, 0.717) is 24.6 Å². The number of carbonyl (C=O) groups is 1. The molecule has 0 bridgehead atoms. The number of sulfonamides is 1. The maximum atomic E-state index is 13.0. The zero-order valence-corrected chi connectivity index (χ0v) is 19.4. The van der Waals surface area contributed by atoms with Gasteiger partial charge in [-0.2, -0.15) is 9.57 Å². The minimum atomic E-state index is -3.80. The third-order valence-corrected chi connectivity index (χ3v) is 7.95. The Labute approximate surface area is 193 Å². The van der Waals surface area contributed by atoms with E-state index in [1.807, 2.05) is 38.1 Å². The molecule has 2 heterocycles. The molecule has 0 unspecified atom stereocenters. The van der Waals surface area contributed by atoms with Gasteiger partial charge in [0, 0.05) is 31.7 Å². The van der Waals surface area contributed by atoms with Gasteiger partial charge in [0.05, 0.1) is 17.0 Å². The lowest BCUT2D eigenvalue weighted by Crippen LogP contribution is -2.53. The zero-order valence-electron chi connectivity index (χ0n) is 18.6. The highest BCUT2D eigenvalue weighted by molar-refractivity contribution is 7.89. The normalized spacial score (nSPS) is 16.5. The van der Waals surface area contributed by atoms with Crippen LogP contribution in [0.1, 0.15) is 25.0 Å². The predicted molar refractivity (Wildman–Crippen MR) is 120 cm³/mol. The van der Waals surface area contributed by atoms with Gasteiger partial charge in [0.25, 0.3) is 0 Å². The van der Waals surface area contributed by atoms with Crippen LogP contribution in [0.15, 0.2) is 47.4 Å². The number of hydrogen-bond acceptors (Lipinski definition) is 7. The van der Waals surface area contributed by atoms with Gasteiger partial charge >= 0.3 is 0 Å². The Bertz CT molecular complexity index is 1200. The highest BCUT2D eigenvalue weighted by Gasteiger charge is 2.32. The van der Waals surface area contributed by atoms with Gasteiger partial charge in [-0.1, -0.05) is 18.2 Å². The topological polar surface area (TPSA) is 112 Å². The molecule has 0 radical (unpaired) electrons. The highest BCUT2D eigenvalue weighted by Crippen LogP contribution is 2.35. The van der Waals surface area contributed by atoms with E-state index in [4.69, 9.17) is 9.47 Å². The largest absolute Gasteiger partial charge is 0.454 e. The molecule has 10 heteroatoms. The maximum Gasteiger partial charge on any atom is 0.244 e. The Balaban J connectivity index is 1.34. The quantitative estimate of drug-likeness (QED) is 0.683. The molecule has 9 nitrogen and oxygen atoms in total. The molecule has 174 valence electrons. The number of rotatable bonds is 6. The smallest absolute Gasteiger partial charge is 0.244 e. The van der Waals surface area contributed by atoms with Crippen molar-refractivity contribution in [2.24, 2.45) is 0 Å². The maximum absolute atomic E-state index is 13.0. The number of carbonyl (C=O) groups excluding carboxylic acids is 1. The predicted octanol–water partition coefficient (Wildman–Crippen LogP) is 1.64. The molecule has 2 aromatic rings. The Morgan fingerprint density at radius 3 is 2.52 bits per heavy atom. The van der Waals surface area contributed by atoms with E-state index >= 15 is 0 Å². The highest BCUT2D eigenvalue weighted by atomic mass is 32.2. The van der Waals surface area contributed by atoms with Crippen LogP contribution in [0.4, 0.5) is 0 Å². The van der Waals surface area contributed by atoms with E-state index in [0.717, 1.165) is 5.56 Å². The molecule has 0 aliphatic carbocycles. The van der Waals surface area contributed by atoms with Gasteiger partial charge in [-0.25, -0.2) is 8.42 Å². The van der Waals surface area contributed by atoms with Gasteiger partial charge in [-0.05, 0) is 43.7 Å². The molecule has 4 rings (SSSR count). The molecule has 1 fully saturated rings. The number of nitriles is 1. The lowest BCUT2D eigenvalue weighted by Gasteiger charge is -2.35. The zero-order chi connectivity index (χ0) is 23.6. The summed E-state index contributed by atoms with van der Waals surface area (Å²) in [6.07, 6.45) is 0. The van der Waals surface area contributed by atoms with Gasteiger partial charge in [0.1, 0.15) is 6.07 Å². The van der Waals surface area contributed by atoms with Crippen molar-refractivity contribution in [1.82, 2.24) is 14.5 Å². The summed E-state index contributed by atoms with van der Waals surface area (Å²) in [6, 6.07) is 13.8. The SMILES string of the molecule is CC(C)(NCC(=O)N1CCN(S(=O)(=O)c2ccccc2C#N)CC1)c1ccc2c(c1)OCO2. The number of ether oxygens (including phenoxy) is 2. The van der Waals surface area contributed by atoms with Crippen LogP contribution in [0.5, 0.6) is 11.5 Å². The summed E-state index contributed by atoms with van der Waals surface area (Å²) in [7, 11) is -3.80. The van der Waals surface area contributed by atoms with Crippen molar-refractivity contribution in [2.45, 2.75) is 24.3 Å². The molecule has 0 aromatic heterocycles. The van der Waals surface area contributed by atoms with E-state index in [1.165, 1.54) is 16.4 Å². The fraction of sp³-hybridized carbons (Fsp3) is 0.391. The Morgan fingerprint density at radius 2 is 1.79 bits per heavy atom. The summed E-state index contributed by atoms with van der Waals surface area (Å²) in [5, 5.41) is 12.5. The van der Waals surface area contributed by atoms with Crippen molar-refractivity contribution in [3.63, 3.8) is 0 Å². The Kier molecular flexibility index (Phi) is 6.30. The second-order valence-corrected chi connectivity index (χ2v) is 10.3. The summed E-state index contributed by atoms with van der Waals surface area (Å²) in [4.78, 5) is 14.5. The fourth-order valence-electron chi connectivity index (χ4n) is 3.90. The fourth-order valence-corrected chi connectivity index (χ4v) is 5.46. The molecule has 0 atom stereocenters. The van der Waals surface area contributed by atoms with Crippen LogP contribution < -0.4 is 14.8 Å². The molecule has 33 heavy (non-hydrogen) atoms. The van der Waals surface area contributed by atoms with Crippen LogP contribution in [0, 0.1) is 11.3 Å². The molecule has 0 saturated carbocycles. The molecule has 1 amide bonds. The van der Waals surface area contributed by atoms with Gasteiger partial charge in [-0.15, -0.1) is 0 Å². The summed E-state index contributed by atoms with van der Waals surface area (Å²) < 4.78 is 38.1. The van der Waals surface area contributed by atoms with Crippen LogP contribution >= 0.6 is 0 Å². The molecule has 2 aliphatic rings. The molecule has 1 saturated heterocycles. The summed E-state index contributed by atoms with van der Waals surface area (Å²) >= 11 is 0. The molecule has 2 aromatic carbocycles. The standard InChI is InChI=1S/C23H26N4O5S/c1-23(2,18-7-8-19-20(13-18)32-16-31-19)25-15-22(28)26-9-11-27(12-10-26)33(29,30)21-6-4-3-5-17(21)14-24/h3-8,13,25H,9-12,15-16H2,1-2H3. The lowest BCUT2D eigenvalue weighted by atomic mass is 9.94. The second-order valence-electron chi connectivity index (χ2n) is 8.44. The minimum Gasteiger partial charge on any atom is -0.454 e. The third kappa shape index (κ3) is 4.66. The molecular weight excluding hydrogens is 444 g/mol. The van der Waals surface area contributed by atoms with Crippen LogP contribution in [0.3, 0.4) is 0 Å². The second kappa shape index (κ2) is 9.02. The van der Waals surface area contributed by atoms with Crippen molar-refractivity contribution in [2.75, 3.05) is 39.5 Å². The molecule has 0 spiro atoms. The minimum absolute atomic E-state index is 0.000538.